The Hall–Kier alpha value is -0.980. The highest BCUT2D eigenvalue weighted by atomic mass is 16.5. The molecule has 1 atom stereocenters. The van der Waals surface area contributed by atoms with E-state index in [1.54, 1.807) is 0 Å². The second-order valence-electron chi connectivity index (χ2n) is 2.86. The first kappa shape index (κ1) is 12.0. The largest absolute Gasteiger partial charge is 0.498 e. The van der Waals surface area contributed by atoms with E-state index in [9.17, 15) is 0 Å². The molecule has 0 aliphatic carbocycles. The highest BCUT2D eigenvalue weighted by Crippen LogP contribution is 2.13. The number of hydrogen-bond donors (Lipinski definition) is 1. The van der Waals surface area contributed by atoms with Crippen LogP contribution in [0.5, 0.6) is 0 Å². The van der Waals surface area contributed by atoms with Gasteiger partial charge in [0.15, 0.2) is 0 Å². The Morgan fingerprint density at radius 2 is 2.31 bits per heavy atom. The minimum absolute atomic E-state index is 0.00657. The molecule has 0 aromatic carbocycles. The minimum atomic E-state index is -0.00657. The van der Waals surface area contributed by atoms with Crippen molar-refractivity contribution < 1.29 is 4.74 Å². The molecule has 0 rings (SSSR count). The summed E-state index contributed by atoms with van der Waals surface area (Å²) in [5.74, 6) is 0.936. The van der Waals surface area contributed by atoms with Crippen molar-refractivity contribution in [2.75, 3.05) is 6.61 Å². The molecule has 0 amide bonds. The molecule has 0 aliphatic heterocycles. The lowest BCUT2D eigenvalue weighted by atomic mass is 10.1. The molecule has 0 aliphatic rings. The summed E-state index contributed by atoms with van der Waals surface area (Å²) in [6.07, 6.45) is 2.66. The normalized spacial score (nSPS) is 13.4. The van der Waals surface area contributed by atoms with E-state index in [2.05, 4.69) is 12.3 Å². The SMILES string of the molecule is C=C=C(C/C(=C/C)OCC)[C@H](C)N. The third kappa shape index (κ3) is 4.56. The minimum Gasteiger partial charge on any atom is -0.498 e. The van der Waals surface area contributed by atoms with Crippen molar-refractivity contribution in [2.45, 2.75) is 33.2 Å². The van der Waals surface area contributed by atoms with Crippen molar-refractivity contribution in [1.29, 1.82) is 0 Å². The van der Waals surface area contributed by atoms with E-state index < -0.39 is 0 Å². The summed E-state index contributed by atoms with van der Waals surface area (Å²) in [4.78, 5) is 0. The van der Waals surface area contributed by atoms with Crippen molar-refractivity contribution >= 4 is 0 Å². The van der Waals surface area contributed by atoms with Crippen molar-refractivity contribution in [3.8, 4) is 0 Å². The maximum absolute atomic E-state index is 5.72. The van der Waals surface area contributed by atoms with E-state index in [1.165, 1.54) is 0 Å². The quantitative estimate of drug-likeness (QED) is 0.522. The van der Waals surface area contributed by atoms with Gasteiger partial charge < -0.3 is 10.5 Å². The third-order valence-electron chi connectivity index (χ3n) is 1.79. The zero-order chi connectivity index (χ0) is 10.3. The molecule has 0 spiro atoms. The van der Waals surface area contributed by atoms with Gasteiger partial charge in [-0.2, -0.15) is 0 Å². The van der Waals surface area contributed by atoms with Gasteiger partial charge in [0.2, 0.25) is 0 Å². The summed E-state index contributed by atoms with van der Waals surface area (Å²) < 4.78 is 5.39. The Labute approximate surface area is 80.8 Å². The lowest BCUT2D eigenvalue weighted by molar-refractivity contribution is 0.221. The Kier molecular flexibility index (Phi) is 6.03. The summed E-state index contributed by atoms with van der Waals surface area (Å²) in [6, 6.07) is -0.00657. The molecule has 0 fully saturated rings. The maximum atomic E-state index is 5.72. The van der Waals surface area contributed by atoms with Gasteiger partial charge >= 0.3 is 0 Å². The van der Waals surface area contributed by atoms with Gasteiger partial charge in [-0.3, -0.25) is 0 Å². The van der Waals surface area contributed by atoms with Crippen LogP contribution in [0.3, 0.4) is 0 Å². The summed E-state index contributed by atoms with van der Waals surface area (Å²) >= 11 is 0. The van der Waals surface area contributed by atoms with E-state index in [0.29, 0.717) is 13.0 Å². The Bertz CT molecular complexity index is 222. The summed E-state index contributed by atoms with van der Waals surface area (Å²) in [7, 11) is 0. The van der Waals surface area contributed by atoms with Crippen LogP contribution in [0.15, 0.2) is 29.7 Å². The number of ether oxygens (including phenoxy) is 1. The Balaban J connectivity index is 4.31. The zero-order valence-corrected chi connectivity index (χ0v) is 8.76. The molecule has 0 unspecified atom stereocenters. The average molecular weight is 181 g/mol. The van der Waals surface area contributed by atoms with E-state index in [-0.39, 0.29) is 6.04 Å². The van der Waals surface area contributed by atoms with Crippen molar-refractivity contribution in [3.63, 3.8) is 0 Å². The molecule has 2 nitrogen and oxygen atoms in total. The average Bonchev–Trinajstić information content (AvgIpc) is 2.11. The molecular formula is C11H19NO. The molecule has 2 N–H and O–H groups in total. The van der Waals surface area contributed by atoms with Gasteiger partial charge in [-0.15, -0.1) is 5.73 Å². The maximum Gasteiger partial charge on any atom is 0.0964 e. The lowest BCUT2D eigenvalue weighted by Gasteiger charge is -2.12. The number of nitrogens with two attached hydrogens (primary N) is 1. The first-order chi connectivity index (χ1) is 6.15. The summed E-state index contributed by atoms with van der Waals surface area (Å²) in [6.45, 7) is 10.1. The van der Waals surface area contributed by atoms with Gasteiger partial charge in [0.05, 0.1) is 12.4 Å². The first-order valence-electron chi connectivity index (χ1n) is 4.58. The van der Waals surface area contributed by atoms with Crippen LogP contribution in [0.2, 0.25) is 0 Å². The topological polar surface area (TPSA) is 35.2 Å². The molecule has 2 heteroatoms. The standard InChI is InChI=1S/C11H19NO/c1-5-10(9(4)12)8-11(6-2)13-7-3/h6,9H,1,7-8,12H2,2-4H3/b11-6-/t9-/m0/s1. The summed E-state index contributed by atoms with van der Waals surface area (Å²) in [5, 5.41) is 0. The fourth-order valence-electron chi connectivity index (χ4n) is 0.994. The molecule has 0 saturated carbocycles. The van der Waals surface area contributed by atoms with Crippen LogP contribution in [0, 0.1) is 0 Å². The van der Waals surface area contributed by atoms with Crippen LogP contribution >= 0.6 is 0 Å². The van der Waals surface area contributed by atoms with Crippen LogP contribution < -0.4 is 5.73 Å². The molecule has 0 aromatic heterocycles. The number of allylic oxidation sites excluding steroid dienone is 2. The van der Waals surface area contributed by atoms with E-state index >= 15 is 0 Å². The Morgan fingerprint density at radius 1 is 1.69 bits per heavy atom. The van der Waals surface area contributed by atoms with Gasteiger partial charge in [0.1, 0.15) is 0 Å². The van der Waals surface area contributed by atoms with E-state index in [1.807, 2.05) is 26.8 Å². The molecule has 74 valence electrons. The fourth-order valence-corrected chi connectivity index (χ4v) is 0.994. The van der Waals surface area contributed by atoms with Crippen molar-refractivity contribution in [3.05, 3.63) is 29.7 Å². The second kappa shape index (κ2) is 6.53. The molecule has 0 bridgehead atoms. The van der Waals surface area contributed by atoms with E-state index in [4.69, 9.17) is 10.5 Å². The molecule has 0 aromatic rings. The van der Waals surface area contributed by atoms with Crippen LogP contribution in [0.1, 0.15) is 27.2 Å². The Morgan fingerprint density at radius 3 is 2.62 bits per heavy atom. The number of rotatable bonds is 5. The van der Waals surface area contributed by atoms with Gasteiger partial charge in [0.25, 0.3) is 0 Å². The van der Waals surface area contributed by atoms with Crippen LogP contribution in [-0.4, -0.2) is 12.6 Å². The number of hydrogen-bond acceptors (Lipinski definition) is 2. The first-order valence-corrected chi connectivity index (χ1v) is 4.58. The highest BCUT2D eigenvalue weighted by molar-refractivity contribution is 5.14. The van der Waals surface area contributed by atoms with Gasteiger partial charge in [-0.1, -0.05) is 6.58 Å². The van der Waals surface area contributed by atoms with Gasteiger partial charge in [-0.05, 0) is 32.4 Å². The highest BCUT2D eigenvalue weighted by Gasteiger charge is 2.05. The molecule has 0 radical (unpaired) electrons. The van der Waals surface area contributed by atoms with Crippen LogP contribution in [0.4, 0.5) is 0 Å². The third-order valence-corrected chi connectivity index (χ3v) is 1.79. The van der Waals surface area contributed by atoms with Crippen LogP contribution in [-0.2, 0) is 4.74 Å². The van der Waals surface area contributed by atoms with Crippen molar-refractivity contribution in [1.82, 2.24) is 0 Å². The molecular weight excluding hydrogens is 162 g/mol. The van der Waals surface area contributed by atoms with Crippen LogP contribution in [0.25, 0.3) is 0 Å². The predicted molar refractivity (Wildman–Crippen MR) is 56.3 cm³/mol. The molecule has 0 saturated heterocycles. The summed E-state index contributed by atoms with van der Waals surface area (Å²) in [5.41, 5.74) is 9.56. The van der Waals surface area contributed by atoms with Gasteiger partial charge in [-0.25, -0.2) is 0 Å². The van der Waals surface area contributed by atoms with E-state index in [0.717, 1.165) is 11.3 Å². The lowest BCUT2D eigenvalue weighted by Crippen LogP contribution is -2.18. The van der Waals surface area contributed by atoms with Gasteiger partial charge in [0, 0.05) is 12.5 Å². The predicted octanol–water partition coefficient (Wildman–Crippen LogP) is 2.38. The molecule has 13 heavy (non-hydrogen) atoms. The monoisotopic (exact) mass is 181 g/mol. The zero-order valence-electron chi connectivity index (χ0n) is 8.76. The smallest absolute Gasteiger partial charge is 0.0964 e. The second-order valence-corrected chi connectivity index (χ2v) is 2.86. The molecule has 0 heterocycles. The van der Waals surface area contributed by atoms with Crippen molar-refractivity contribution in [2.24, 2.45) is 5.73 Å². The fraction of sp³-hybridized carbons (Fsp3) is 0.545.